The molecule has 0 amide bonds. The zero-order valence-electron chi connectivity index (χ0n) is 19.1. The fourth-order valence-electron chi connectivity index (χ4n) is 3.65. The molecule has 0 radical (unpaired) electrons. The van der Waals surface area contributed by atoms with Crippen molar-refractivity contribution >= 4 is 22.5 Å². The van der Waals surface area contributed by atoms with Crippen LogP contribution in [0.25, 0.3) is 16.6 Å². The van der Waals surface area contributed by atoms with Gasteiger partial charge >= 0.3 is 5.97 Å². The lowest BCUT2D eigenvalue weighted by molar-refractivity contribution is -0.145. The summed E-state index contributed by atoms with van der Waals surface area (Å²) in [5.74, 6) is 0.480. The first-order valence-corrected chi connectivity index (χ1v) is 10.7. The first-order valence-electron chi connectivity index (χ1n) is 10.7. The van der Waals surface area contributed by atoms with Crippen molar-refractivity contribution in [3.63, 3.8) is 0 Å². The fraction of sp³-hybridized carbons (Fsp3) is 0.292. The molecule has 0 aliphatic carbocycles. The van der Waals surface area contributed by atoms with Crippen LogP contribution >= 0.6 is 0 Å². The number of methoxy groups -OCH3 is 2. The number of nitrogens with zero attached hydrogens (tertiary/aromatic N) is 4. The quantitative estimate of drug-likeness (QED) is 0.365. The van der Waals surface area contributed by atoms with Gasteiger partial charge in [-0.15, -0.1) is 0 Å². The van der Waals surface area contributed by atoms with Gasteiger partial charge < -0.3 is 14.2 Å². The molecule has 1 aromatic carbocycles. The number of esters is 1. The van der Waals surface area contributed by atoms with Crippen LogP contribution < -0.4 is 20.6 Å². The second-order valence-corrected chi connectivity index (χ2v) is 7.70. The van der Waals surface area contributed by atoms with Gasteiger partial charge in [-0.25, -0.2) is 9.97 Å². The number of hydrogen-bond acceptors (Lipinski definition) is 8. The average Bonchev–Trinajstić information content (AvgIpc) is 2.84. The number of fused-ring (bicyclic) bond motifs is 2. The predicted molar refractivity (Wildman–Crippen MR) is 124 cm³/mol. The number of aromatic nitrogens is 4. The molecular formula is C24H24N4O6. The van der Waals surface area contributed by atoms with Gasteiger partial charge in [0.15, 0.2) is 11.5 Å². The van der Waals surface area contributed by atoms with Crippen molar-refractivity contribution in [3.8, 4) is 11.5 Å². The second-order valence-electron chi connectivity index (χ2n) is 7.70. The van der Waals surface area contributed by atoms with Crippen LogP contribution in [0.4, 0.5) is 0 Å². The lowest BCUT2D eigenvalue weighted by Gasteiger charge is -2.10. The second kappa shape index (κ2) is 9.74. The first kappa shape index (κ1) is 23.0. The normalized spacial score (nSPS) is 11.0. The maximum atomic E-state index is 12.8. The standard InChI is InChI=1S/C24H24N4O6/c1-15-6-4-9-28-21(29)10-16(26-23(15)28)13-34-22(30)7-5-8-27-14-25-18-12-20(33-3)19(32-2)11-17(18)24(27)31/h4,6,9-12,14H,5,7-8,13H2,1-3H3. The van der Waals surface area contributed by atoms with Crippen LogP contribution in [-0.4, -0.2) is 39.1 Å². The minimum absolute atomic E-state index is 0.0992. The maximum absolute atomic E-state index is 12.8. The summed E-state index contributed by atoms with van der Waals surface area (Å²) in [6.45, 7) is 2.05. The average molecular weight is 464 g/mol. The number of rotatable bonds is 8. The molecule has 0 aliphatic heterocycles. The van der Waals surface area contributed by atoms with Crippen LogP contribution in [0, 0.1) is 6.92 Å². The summed E-state index contributed by atoms with van der Waals surface area (Å²) in [7, 11) is 3.01. The molecule has 0 atom stereocenters. The third-order valence-corrected chi connectivity index (χ3v) is 5.43. The number of pyridine rings is 1. The summed E-state index contributed by atoms with van der Waals surface area (Å²) >= 11 is 0. The van der Waals surface area contributed by atoms with E-state index in [1.807, 2.05) is 13.0 Å². The zero-order chi connectivity index (χ0) is 24.2. The van der Waals surface area contributed by atoms with Gasteiger partial charge in [0.05, 0.1) is 37.1 Å². The lowest BCUT2D eigenvalue weighted by Crippen LogP contribution is -2.21. The summed E-state index contributed by atoms with van der Waals surface area (Å²) < 4.78 is 18.7. The number of aryl methyl sites for hydroxylation is 2. The van der Waals surface area contributed by atoms with E-state index in [4.69, 9.17) is 14.2 Å². The Bertz CT molecular complexity index is 1490. The molecule has 0 fully saturated rings. The monoisotopic (exact) mass is 464 g/mol. The van der Waals surface area contributed by atoms with Crippen molar-refractivity contribution in [2.45, 2.75) is 32.9 Å². The highest BCUT2D eigenvalue weighted by molar-refractivity contribution is 5.81. The molecule has 176 valence electrons. The Morgan fingerprint density at radius 1 is 1.09 bits per heavy atom. The van der Waals surface area contributed by atoms with Crippen molar-refractivity contribution in [1.82, 2.24) is 18.9 Å². The molecule has 0 saturated carbocycles. The maximum Gasteiger partial charge on any atom is 0.306 e. The van der Waals surface area contributed by atoms with Gasteiger partial charge in [-0.3, -0.25) is 23.4 Å². The van der Waals surface area contributed by atoms with Crippen LogP contribution in [-0.2, 0) is 22.7 Å². The van der Waals surface area contributed by atoms with E-state index in [-0.39, 0.29) is 24.1 Å². The zero-order valence-corrected chi connectivity index (χ0v) is 19.1. The lowest BCUT2D eigenvalue weighted by atomic mass is 10.2. The Labute approximate surface area is 194 Å². The molecule has 0 bridgehead atoms. The predicted octanol–water partition coefficient (Wildman–Crippen LogP) is 2.25. The number of ether oxygens (including phenoxy) is 3. The van der Waals surface area contributed by atoms with E-state index in [0.717, 1.165) is 5.56 Å². The van der Waals surface area contributed by atoms with Gasteiger partial charge in [0.1, 0.15) is 12.3 Å². The molecule has 3 heterocycles. The van der Waals surface area contributed by atoms with E-state index in [9.17, 15) is 14.4 Å². The molecule has 0 saturated heterocycles. The van der Waals surface area contributed by atoms with Gasteiger partial charge in [-0.05, 0) is 31.0 Å². The van der Waals surface area contributed by atoms with Gasteiger partial charge in [0, 0.05) is 31.3 Å². The van der Waals surface area contributed by atoms with Crippen LogP contribution in [0.2, 0.25) is 0 Å². The Morgan fingerprint density at radius 3 is 2.62 bits per heavy atom. The van der Waals surface area contributed by atoms with Crippen molar-refractivity contribution in [2.24, 2.45) is 0 Å². The third kappa shape index (κ3) is 4.61. The Hall–Kier alpha value is -4.21. The van der Waals surface area contributed by atoms with Crippen molar-refractivity contribution in [2.75, 3.05) is 14.2 Å². The number of benzene rings is 1. The number of carbonyl (C=O) groups is 1. The van der Waals surface area contributed by atoms with Crippen LogP contribution in [0.5, 0.6) is 11.5 Å². The molecular weight excluding hydrogens is 440 g/mol. The molecule has 0 unspecified atom stereocenters. The van der Waals surface area contributed by atoms with E-state index < -0.39 is 5.97 Å². The van der Waals surface area contributed by atoms with E-state index in [1.54, 1.807) is 24.4 Å². The van der Waals surface area contributed by atoms with E-state index >= 15 is 0 Å². The highest BCUT2D eigenvalue weighted by Crippen LogP contribution is 2.29. The number of hydrogen-bond donors (Lipinski definition) is 0. The molecule has 10 nitrogen and oxygen atoms in total. The molecule has 3 aromatic heterocycles. The molecule has 0 spiro atoms. The van der Waals surface area contributed by atoms with Crippen molar-refractivity contribution in [1.29, 1.82) is 0 Å². The molecule has 34 heavy (non-hydrogen) atoms. The topological polar surface area (TPSA) is 114 Å². The van der Waals surface area contributed by atoms with E-state index in [2.05, 4.69) is 9.97 Å². The molecule has 0 aliphatic rings. The summed E-state index contributed by atoms with van der Waals surface area (Å²) in [5, 5.41) is 0.395. The minimum atomic E-state index is -0.444. The van der Waals surface area contributed by atoms with Gasteiger partial charge in [-0.1, -0.05) is 6.07 Å². The fourth-order valence-corrected chi connectivity index (χ4v) is 3.65. The largest absolute Gasteiger partial charge is 0.493 e. The van der Waals surface area contributed by atoms with Gasteiger partial charge in [-0.2, -0.15) is 0 Å². The van der Waals surface area contributed by atoms with Gasteiger partial charge in [0.25, 0.3) is 11.1 Å². The van der Waals surface area contributed by atoms with E-state index in [0.29, 0.717) is 46.7 Å². The van der Waals surface area contributed by atoms with Crippen LogP contribution in [0.3, 0.4) is 0 Å². The minimum Gasteiger partial charge on any atom is -0.493 e. The molecule has 4 rings (SSSR count). The van der Waals surface area contributed by atoms with Crippen molar-refractivity contribution < 1.29 is 19.0 Å². The summed E-state index contributed by atoms with van der Waals surface area (Å²) in [4.78, 5) is 46.0. The smallest absolute Gasteiger partial charge is 0.306 e. The highest BCUT2D eigenvalue weighted by atomic mass is 16.5. The third-order valence-electron chi connectivity index (χ3n) is 5.43. The summed E-state index contributed by atoms with van der Waals surface area (Å²) in [6.07, 6.45) is 3.56. The Balaban J connectivity index is 1.38. The van der Waals surface area contributed by atoms with E-state index in [1.165, 1.54) is 35.6 Å². The molecule has 4 aromatic rings. The number of carbonyl (C=O) groups excluding carboxylic acids is 1. The van der Waals surface area contributed by atoms with Crippen molar-refractivity contribution in [3.05, 3.63) is 74.8 Å². The Kier molecular flexibility index (Phi) is 6.58. The SMILES string of the molecule is COc1cc2ncn(CCCC(=O)OCc3cc(=O)n4cccc(C)c4n3)c(=O)c2cc1OC. The molecule has 0 N–H and O–H groups in total. The van der Waals surface area contributed by atoms with Gasteiger partial charge in [0.2, 0.25) is 0 Å². The Morgan fingerprint density at radius 2 is 1.85 bits per heavy atom. The summed E-state index contributed by atoms with van der Waals surface area (Å²) in [6, 6.07) is 8.21. The molecule has 10 heteroatoms. The van der Waals surface area contributed by atoms with Crippen LogP contribution in [0.1, 0.15) is 24.1 Å². The highest BCUT2D eigenvalue weighted by Gasteiger charge is 2.12. The van der Waals surface area contributed by atoms with Crippen LogP contribution in [0.15, 0.2) is 52.4 Å². The summed E-state index contributed by atoms with van der Waals surface area (Å²) in [5.41, 5.74) is 1.77. The first-order chi connectivity index (χ1) is 16.4.